The topological polar surface area (TPSA) is 118 Å². The molecule has 0 radical (unpaired) electrons. The van der Waals surface area contributed by atoms with Crippen LogP contribution in [-0.2, 0) is 9.84 Å². The zero-order valence-electron chi connectivity index (χ0n) is 12.5. The third-order valence-corrected chi connectivity index (χ3v) is 5.31. The van der Waals surface area contributed by atoms with E-state index < -0.39 is 26.5 Å². The zero-order valence-corrected chi connectivity index (χ0v) is 13.3. The van der Waals surface area contributed by atoms with E-state index >= 15 is 0 Å². The highest BCUT2D eigenvalue weighted by molar-refractivity contribution is 7.91. The minimum Gasteiger partial charge on any atom is -0.478 e. The van der Waals surface area contributed by atoms with Gasteiger partial charge in [-0.1, -0.05) is 6.92 Å². The summed E-state index contributed by atoms with van der Waals surface area (Å²) in [6.07, 6.45) is 2.76. The lowest BCUT2D eigenvalue weighted by Gasteiger charge is -2.03. The number of hydrogen-bond acceptors (Lipinski definition) is 5. The molecule has 1 aromatic carbocycles. The summed E-state index contributed by atoms with van der Waals surface area (Å²) in [5.74, 6) is -2.01. The second-order valence-electron chi connectivity index (χ2n) is 5.16. The number of aromatic amines is 1. The molecule has 0 spiro atoms. The number of carboxylic acids is 1. The standard InChI is InChI=1S/C14H13FN4O4S/c1-2-3-24(22,23)12-5-11-10(4-9(12)15)17-14(18-11)19-7-8(6-16-19)13(20)21/h4-7H,2-3H2,1H3,(H,17,18)(H,20,21). The van der Waals surface area contributed by atoms with Gasteiger partial charge in [-0.3, -0.25) is 0 Å². The number of benzene rings is 1. The van der Waals surface area contributed by atoms with Gasteiger partial charge in [-0.05, 0) is 12.5 Å². The Morgan fingerprint density at radius 3 is 2.79 bits per heavy atom. The zero-order chi connectivity index (χ0) is 17.5. The molecule has 126 valence electrons. The van der Waals surface area contributed by atoms with E-state index in [9.17, 15) is 17.6 Å². The van der Waals surface area contributed by atoms with Crippen molar-refractivity contribution in [2.75, 3.05) is 5.75 Å². The van der Waals surface area contributed by atoms with Crippen molar-refractivity contribution in [2.24, 2.45) is 0 Å². The Balaban J connectivity index is 2.10. The second-order valence-corrected chi connectivity index (χ2v) is 7.24. The average Bonchev–Trinajstić information content (AvgIpc) is 3.12. The molecule has 2 aromatic heterocycles. The Labute approximate surface area is 135 Å². The summed E-state index contributed by atoms with van der Waals surface area (Å²) >= 11 is 0. The van der Waals surface area contributed by atoms with Crippen molar-refractivity contribution in [1.29, 1.82) is 0 Å². The average molecular weight is 352 g/mol. The molecule has 8 nitrogen and oxygen atoms in total. The first-order chi connectivity index (χ1) is 11.3. The first kappa shape index (κ1) is 16.1. The fraction of sp³-hybridized carbons (Fsp3) is 0.214. The third kappa shape index (κ3) is 2.75. The summed E-state index contributed by atoms with van der Waals surface area (Å²) in [5.41, 5.74) is 0.492. The monoisotopic (exact) mass is 352 g/mol. The largest absolute Gasteiger partial charge is 0.478 e. The van der Waals surface area contributed by atoms with Gasteiger partial charge in [0.2, 0.25) is 5.95 Å². The Bertz CT molecular complexity index is 1040. The van der Waals surface area contributed by atoms with Gasteiger partial charge in [-0.2, -0.15) is 5.10 Å². The highest BCUT2D eigenvalue weighted by atomic mass is 32.2. The molecule has 0 amide bonds. The Kier molecular flexibility index (Phi) is 3.84. The number of H-pyrrole nitrogens is 1. The molecule has 2 heterocycles. The van der Waals surface area contributed by atoms with Gasteiger partial charge in [0.25, 0.3) is 0 Å². The molecule has 3 aromatic rings. The van der Waals surface area contributed by atoms with E-state index in [2.05, 4.69) is 15.1 Å². The van der Waals surface area contributed by atoms with Crippen molar-refractivity contribution >= 4 is 26.8 Å². The van der Waals surface area contributed by atoms with Crippen LogP contribution >= 0.6 is 0 Å². The van der Waals surface area contributed by atoms with Crippen molar-refractivity contribution < 1.29 is 22.7 Å². The molecule has 0 aliphatic heterocycles. The first-order valence-corrected chi connectivity index (χ1v) is 8.67. The van der Waals surface area contributed by atoms with Crippen molar-refractivity contribution in [3.63, 3.8) is 0 Å². The molecule has 10 heteroatoms. The maximum atomic E-state index is 14.1. The molecule has 0 bridgehead atoms. The van der Waals surface area contributed by atoms with Gasteiger partial charge >= 0.3 is 5.97 Å². The van der Waals surface area contributed by atoms with E-state index in [4.69, 9.17) is 5.11 Å². The predicted molar refractivity (Wildman–Crippen MR) is 82.5 cm³/mol. The van der Waals surface area contributed by atoms with Gasteiger partial charge in [0, 0.05) is 12.3 Å². The van der Waals surface area contributed by atoms with Gasteiger partial charge in [-0.15, -0.1) is 0 Å². The Hall–Kier alpha value is -2.75. The Morgan fingerprint density at radius 2 is 2.17 bits per heavy atom. The van der Waals surface area contributed by atoms with Crippen LogP contribution in [0.4, 0.5) is 4.39 Å². The lowest BCUT2D eigenvalue weighted by Crippen LogP contribution is -2.08. The number of carboxylic acid groups (broad SMARTS) is 1. The summed E-state index contributed by atoms with van der Waals surface area (Å²) in [5, 5.41) is 12.8. The summed E-state index contributed by atoms with van der Waals surface area (Å²) in [6, 6.07) is 2.22. The van der Waals surface area contributed by atoms with Crippen LogP contribution in [0.15, 0.2) is 29.4 Å². The molecule has 3 rings (SSSR count). The fourth-order valence-corrected chi connectivity index (χ4v) is 3.68. The number of aromatic carboxylic acids is 1. The molecule has 2 N–H and O–H groups in total. The number of sulfone groups is 1. The van der Waals surface area contributed by atoms with Crippen LogP contribution in [0.1, 0.15) is 23.7 Å². The molecular formula is C14H13FN4O4S. The normalized spacial score (nSPS) is 11.9. The number of rotatable bonds is 5. The number of hydrogen-bond donors (Lipinski definition) is 2. The number of halogens is 1. The van der Waals surface area contributed by atoms with Gasteiger partial charge in [0.05, 0.1) is 28.5 Å². The molecular weight excluding hydrogens is 339 g/mol. The number of fused-ring (bicyclic) bond motifs is 1. The van der Waals surface area contributed by atoms with E-state index in [0.717, 1.165) is 18.3 Å². The number of nitrogens with one attached hydrogen (secondary N) is 1. The van der Waals surface area contributed by atoms with Crippen LogP contribution in [0.25, 0.3) is 17.0 Å². The fourth-order valence-electron chi connectivity index (χ4n) is 2.27. The summed E-state index contributed by atoms with van der Waals surface area (Å²) in [4.78, 5) is 17.4. The number of aromatic nitrogens is 4. The van der Waals surface area contributed by atoms with E-state index in [1.54, 1.807) is 6.92 Å². The smallest absolute Gasteiger partial charge is 0.338 e. The highest BCUT2D eigenvalue weighted by Gasteiger charge is 2.21. The number of imidazole rings is 1. The van der Waals surface area contributed by atoms with E-state index in [0.29, 0.717) is 6.42 Å². The molecule has 0 unspecified atom stereocenters. The van der Waals surface area contributed by atoms with Gasteiger partial charge in [-0.25, -0.2) is 27.3 Å². The maximum absolute atomic E-state index is 14.1. The van der Waals surface area contributed by atoms with Crippen molar-refractivity contribution in [2.45, 2.75) is 18.2 Å². The van der Waals surface area contributed by atoms with Crippen LogP contribution in [0.5, 0.6) is 0 Å². The van der Waals surface area contributed by atoms with Crippen LogP contribution in [-0.4, -0.2) is 45.0 Å². The molecule has 0 atom stereocenters. The second kappa shape index (κ2) is 5.71. The van der Waals surface area contributed by atoms with Crippen LogP contribution in [0, 0.1) is 5.82 Å². The molecule has 0 saturated carbocycles. The van der Waals surface area contributed by atoms with Crippen molar-refractivity contribution in [3.8, 4) is 5.95 Å². The van der Waals surface area contributed by atoms with Crippen LogP contribution < -0.4 is 0 Å². The maximum Gasteiger partial charge on any atom is 0.338 e. The summed E-state index contributed by atoms with van der Waals surface area (Å²) < 4.78 is 39.5. The molecule has 0 aliphatic rings. The van der Waals surface area contributed by atoms with E-state index in [1.165, 1.54) is 10.9 Å². The first-order valence-electron chi connectivity index (χ1n) is 7.02. The quantitative estimate of drug-likeness (QED) is 0.722. The molecule has 0 aliphatic carbocycles. The van der Waals surface area contributed by atoms with Gasteiger partial charge in [0.15, 0.2) is 9.84 Å². The minimum atomic E-state index is -3.72. The van der Waals surface area contributed by atoms with Crippen LogP contribution in [0.3, 0.4) is 0 Å². The SMILES string of the molecule is CCCS(=O)(=O)c1cc2nc(-n3cc(C(=O)O)cn3)[nH]c2cc1F. The van der Waals surface area contributed by atoms with Crippen molar-refractivity contribution in [3.05, 3.63) is 35.9 Å². The van der Waals surface area contributed by atoms with Gasteiger partial charge in [0.1, 0.15) is 10.7 Å². The lowest BCUT2D eigenvalue weighted by molar-refractivity contribution is 0.0697. The van der Waals surface area contributed by atoms with E-state index in [1.807, 2.05) is 0 Å². The molecule has 0 saturated heterocycles. The number of carbonyl (C=O) groups is 1. The van der Waals surface area contributed by atoms with Crippen LogP contribution in [0.2, 0.25) is 0 Å². The summed E-state index contributed by atoms with van der Waals surface area (Å²) in [6.45, 7) is 1.69. The Morgan fingerprint density at radius 1 is 1.42 bits per heavy atom. The van der Waals surface area contributed by atoms with Crippen molar-refractivity contribution in [1.82, 2.24) is 19.7 Å². The molecule has 0 fully saturated rings. The predicted octanol–water partition coefficient (Wildman–Crippen LogP) is 1.77. The number of nitrogens with zero attached hydrogens (tertiary/aromatic N) is 3. The van der Waals surface area contributed by atoms with Gasteiger partial charge < -0.3 is 10.1 Å². The molecule has 24 heavy (non-hydrogen) atoms. The lowest BCUT2D eigenvalue weighted by atomic mass is 10.3. The van der Waals surface area contributed by atoms with E-state index in [-0.39, 0.29) is 28.3 Å². The summed E-state index contributed by atoms with van der Waals surface area (Å²) in [7, 11) is -3.72. The third-order valence-electron chi connectivity index (χ3n) is 3.38. The highest BCUT2D eigenvalue weighted by Crippen LogP contribution is 2.23. The minimum absolute atomic E-state index is 0.0344.